The van der Waals surface area contributed by atoms with Gasteiger partial charge in [-0.1, -0.05) is 54.1 Å². The Morgan fingerprint density at radius 2 is 1.82 bits per heavy atom. The lowest BCUT2D eigenvalue weighted by Gasteiger charge is -2.13. The number of hydrogen-bond donors (Lipinski definition) is 3. The zero-order valence-electron chi connectivity index (χ0n) is 11.8. The van der Waals surface area contributed by atoms with E-state index in [-0.39, 0.29) is 13.2 Å². The van der Waals surface area contributed by atoms with Crippen LogP contribution in [0.1, 0.15) is 17.2 Å². The zero-order chi connectivity index (χ0) is 15.8. The molecule has 1 unspecified atom stereocenters. The van der Waals surface area contributed by atoms with Crippen molar-refractivity contribution in [2.45, 2.75) is 12.7 Å². The molecule has 2 amide bonds. The lowest BCUT2D eigenvalue weighted by Crippen LogP contribution is -2.37. The highest BCUT2D eigenvalue weighted by Crippen LogP contribution is 2.15. The molecule has 2 aromatic carbocycles. The Hall–Kier alpha value is -2.08. The first-order valence-electron chi connectivity index (χ1n) is 6.78. The average Bonchev–Trinajstić information content (AvgIpc) is 2.54. The summed E-state index contributed by atoms with van der Waals surface area (Å²) in [5.41, 5.74) is 3.89. The molecule has 116 valence electrons. The standard InChI is InChI=1S/C16H17ClN2O3/c17-14-8-6-13(7-9-14)15(20)10-18-16(21)19-22-11-12-4-2-1-3-5-12/h1-9,15,20H,10-11H2,(H2,18,19,21). The van der Waals surface area contributed by atoms with E-state index in [1.54, 1.807) is 24.3 Å². The van der Waals surface area contributed by atoms with Crippen LogP contribution in [0.2, 0.25) is 5.02 Å². The number of rotatable bonds is 6. The average molecular weight is 321 g/mol. The molecule has 6 heteroatoms. The Kier molecular flexibility index (Phi) is 6.21. The van der Waals surface area contributed by atoms with E-state index in [0.29, 0.717) is 10.6 Å². The maximum atomic E-state index is 11.5. The molecule has 0 radical (unpaired) electrons. The van der Waals surface area contributed by atoms with Gasteiger partial charge in [0.1, 0.15) is 0 Å². The Balaban J connectivity index is 1.68. The van der Waals surface area contributed by atoms with Crippen LogP contribution in [-0.4, -0.2) is 17.7 Å². The molecule has 0 fully saturated rings. The quantitative estimate of drug-likeness (QED) is 0.717. The van der Waals surface area contributed by atoms with E-state index in [1.165, 1.54) is 0 Å². The van der Waals surface area contributed by atoms with Crippen molar-refractivity contribution in [2.24, 2.45) is 0 Å². The molecule has 22 heavy (non-hydrogen) atoms. The molecule has 2 aromatic rings. The van der Waals surface area contributed by atoms with Crippen molar-refractivity contribution < 1.29 is 14.7 Å². The van der Waals surface area contributed by atoms with Crippen molar-refractivity contribution in [2.75, 3.05) is 6.54 Å². The number of carbonyl (C=O) groups excluding carboxylic acids is 1. The monoisotopic (exact) mass is 320 g/mol. The van der Waals surface area contributed by atoms with Gasteiger partial charge in [0.2, 0.25) is 0 Å². The fourth-order valence-electron chi connectivity index (χ4n) is 1.79. The van der Waals surface area contributed by atoms with Crippen molar-refractivity contribution in [1.82, 2.24) is 10.8 Å². The molecule has 3 N–H and O–H groups in total. The van der Waals surface area contributed by atoms with E-state index < -0.39 is 12.1 Å². The Morgan fingerprint density at radius 3 is 2.50 bits per heavy atom. The van der Waals surface area contributed by atoms with Crippen molar-refractivity contribution in [1.29, 1.82) is 0 Å². The molecule has 0 saturated heterocycles. The lowest BCUT2D eigenvalue weighted by molar-refractivity contribution is 0.0477. The van der Waals surface area contributed by atoms with Gasteiger partial charge in [-0.15, -0.1) is 0 Å². The number of carbonyl (C=O) groups is 1. The number of amides is 2. The van der Waals surface area contributed by atoms with Crippen molar-refractivity contribution in [3.63, 3.8) is 0 Å². The van der Waals surface area contributed by atoms with E-state index in [1.807, 2.05) is 30.3 Å². The Morgan fingerprint density at radius 1 is 1.14 bits per heavy atom. The molecule has 2 rings (SSSR count). The molecule has 0 heterocycles. The van der Waals surface area contributed by atoms with Gasteiger partial charge in [-0.2, -0.15) is 0 Å². The first kappa shape index (κ1) is 16.3. The predicted molar refractivity (Wildman–Crippen MR) is 84.2 cm³/mol. The first-order valence-corrected chi connectivity index (χ1v) is 7.16. The normalized spacial score (nSPS) is 11.7. The lowest BCUT2D eigenvalue weighted by atomic mass is 10.1. The second-order valence-electron chi connectivity index (χ2n) is 4.65. The predicted octanol–water partition coefficient (Wildman–Crippen LogP) is 2.80. The fourth-order valence-corrected chi connectivity index (χ4v) is 1.91. The van der Waals surface area contributed by atoms with Crippen LogP contribution >= 0.6 is 11.6 Å². The van der Waals surface area contributed by atoms with Gasteiger partial charge in [0.05, 0.1) is 12.7 Å². The van der Waals surface area contributed by atoms with Crippen molar-refractivity contribution in [3.8, 4) is 0 Å². The maximum Gasteiger partial charge on any atom is 0.338 e. The number of nitrogens with one attached hydrogen (secondary N) is 2. The van der Waals surface area contributed by atoms with E-state index in [0.717, 1.165) is 5.56 Å². The van der Waals surface area contributed by atoms with Gasteiger partial charge < -0.3 is 10.4 Å². The van der Waals surface area contributed by atoms with Crippen molar-refractivity contribution >= 4 is 17.6 Å². The van der Waals surface area contributed by atoms with Gasteiger partial charge in [-0.05, 0) is 23.3 Å². The number of hydrogen-bond acceptors (Lipinski definition) is 3. The number of aliphatic hydroxyl groups is 1. The van der Waals surface area contributed by atoms with E-state index >= 15 is 0 Å². The van der Waals surface area contributed by atoms with Crippen molar-refractivity contribution in [3.05, 3.63) is 70.7 Å². The van der Waals surface area contributed by atoms with E-state index in [4.69, 9.17) is 16.4 Å². The van der Waals surface area contributed by atoms with Gasteiger partial charge >= 0.3 is 6.03 Å². The Bertz CT molecular complexity index is 590. The van der Waals surface area contributed by atoms with Crippen LogP contribution in [0.5, 0.6) is 0 Å². The second kappa shape index (κ2) is 8.38. The summed E-state index contributed by atoms with van der Waals surface area (Å²) in [7, 11) is 0. The number of hydroxylamine groups is 1. The number of urea groups is 1. The molecule has 0 aliphatic carbocycles. The van der Waals surface area contributed by atoms with Gasteiger partial charge in [-0.25, -0.2) is 10.3 Å². The Labute approximate surface area is 133 Å². The molecule has 1 atom stereocenters. The molecular weight excluding hydrogens is 304 g/mol. The maximum absolute atomic E-state index is 11.5. The minimum atomic E-state index is -0.808. The molecule has 5 nitrogen and oxygen atoms in total. The minimum Gasteiger partial charge on any atom is -0.387 e. The largest absolute Gasteiger partial charge is 0.387 e. The number of aliphatic hydroxyl groups excluding tert-OH is 1. The topological polar surface area (TPSA) is 70.6 Å². The highest BCUT2D eigenvalue weighted by atomic mass is 35.5. The first-order chi connectivity index (χ1) is 10.6. The van der Waals surface area contributed by atoms with Gasteiger partial charge in [-0.3, -0.25) is 4.84 Å². The second-order valence-corrected chi connectivity index (χ2v) is 5.09. The van der Waals surface area contributed by atoms with Gasteiger partial charge in [0, 0.05) is 11.6 Å². The van der Waals surface area contributed by atoms with Gasteiger partial charge in [0.25, 0.3) is 0 Å². The van der Waals surface area contributed by atoms with Crippen LogP contribution in [0.4, 0.5) is 4.79 Å². The van der Waals surface area contributed by atoms with E-state index in [9.17, 15) is 9.90 Å². The van der Waals surface area contributed by atoms with Crippen LogP contribution in [0.15, 0.2) is 54.6 Å². The highest BCUT2D eigenvalue weighted by Gasteiger charge is 2.09. The minimum absolute atomic E-state index is 0.0716. The molecule has 0 bridgehead atoms. The van der Waals surface area contributed by atoms with Crippen LogP contribution in [0, 0.1) is 0 Å². The molecule has 0 aliphatic heterocycles. The van der Waals surface area contributed by atoms with Crippen LogP contribution in [0.3, 0.4) is 0 Å². The van der Waals surface area contributed by atoms with Gasteiger partial charge in [0.15, 0.2) is 0 Å². The third kappa shape index (κ3) is 5.37. The molecular formula is C16H17ClN2O3. The smallest absolute Gasteiger partial charge is 0.338 e. The zero-order valence-corrected chi connectivity index (χ0v) is 12.6. The summed E-state index contributed by atoms with van der Waals surface area (Å²) >= 11 is 5.77. The molecule has 0 aliphatic rings. The van der Waals surface area contributed by atoms with Crippen LogP contribution < -0.4 is 10.8 Å². The molecule has 0 aromatic heterocycles. The molecule has 0 saturated carbocycles. The fraction of sp³-hybridized carbons (Fsp3) is 0.188. The summed E-state index contributed by atoms with van der Waals surface area (Å²) in [5.74, 6) is 0. The summed E-state index contributed by atoms with van der Waals surface area (Å²) in [6, 6.07) is 15.7. The summed E-state index contributed by atoms with van der Waals surface area (Å²) < 4.78 is 0. The third-order valence-electron chi connectivity index (χ3n) is 2.96. The highest BCUT2D eigenvalue weighted by molar-refractivity contribution is 6.30. The summed E-state index contributed by atoms with van der Waals surface area (Å²) in [6.45, 7) is 0.343. The summed E-state index contributed by atoms with van der Waals surface area (Å²) in [5, 5.41) is 13.1. The number of halogens is 1. The van der Waals surface area contributed by atoms with E-state index in [2.05, 4.69) is 10.8 Å². The SMILES string of the molecule is O=C(NCC(O)c1ccc(Cl)cc1)NOCc1ccccc1. The number of benzene rings is 2. The van der Waals surface area contributed by atoms with Crippen LogP contribution in [-0.2, 0) is 11.4 Å². The molecule has 0 spiro atoms. The van der Waals surface area contributed by atoms with Crippen LogP contribution in [0.25, 0.3) is 0 Å². The third-order valence-corrected chi connectivity index (χ3v) is 3.21. The summed E-state index contributed by atoms with van der Waals surface area (Å²) in [4.78, 5) is 16.6. The summed E-state index contributed by atoms with van der Waals surface area (Å²) in [6.07, 6.45) is -0.808.